The van der Waals surface area contributed by atoms with Crippen LogP contribution in [0.15, 0.2) is 48.6 Å². The number of rotatable bonds is 14. The topological polar surface area (TPSA) is 87.0 Å². The third-order valence-electron chi connectivity index (χ3n) is 3.38. The van der Waals surface area contributed by atoms with Crippen LogP contribution in [0.1, 0.15) is 71.6 Å². The Morgan fingerprint density at radius 1 is 0.885 bits per heavy atom. The molecule has 0 aliphatic carbocycles. The number of carbonyl (C=O) groups is 1. The van der Waals surface area contributed by atoms with Crippen molar-refractivity contribution >= 4 is 6.16 Å². The van der Waals surface area contributed by atoms with Gasteiger partial charge in [-0.1, -0.05) is 88.1 Å². The number of allylic oxidation sites excluding steroid dienone is 6. The Hall–Kier alpha value is -1.85. The van der Waals surface area contributed by atoms with Crippen LogP contribution in [-0.4, -0.2) is 27.7 Å². The van der Waals surface area contributed by atoms with Gasteiger partial charge in [0.15, 0.2) is 0 Å². The van der Waals surface area contributed by atoms with Crippen LogP contribution in [0.4, 0.5) is 4.79 Å². The molecule has 5 nitrogen and oxygen atoms in total. The van der Waals surface area contributed by atoms with Gasteiger partial charge in [-0.05, 0) is 32.1 Å². The van der Waals surface area contributed by atoms with E-state index in [0.717, 1.165) is 12.8 Å². The van der Waals surface area contributed by atoms with Crippen molar-refractivity contribution in [3.8, 4) is 0 Å². The van der Waals surface area contributed by atoms with Gasteiger partial charge in [0.25, 0.3) is 0 Å². The predicted octanol–water partition coefficient (Wildman–Crippen LogP) is 6.84. The summed E-state index contributed by atoms with van der Waals surface area (Å²) in [5.41, 5.74) is 0. The average Bonchev–Trinajstić information content (AvgIpc) is 2.61. The zero-order valence-corrected chi connectivity index (χ0v) is 16.2. The Kier molecular flexibility index (Phi) is 23.5. The van der Waals surface area contributed by atoms with Gasteiger partial charge in [0.2, 0.25) is 0 Å². The SMILES string of the molecule is CCCCC=CCC=CC=CC(CC=CCCCCC)OO.O=C(O)O. The molecule has 0 spiro atoms. The molecular weight excluding hydrogens is 332 g/mol. The van der Waals surface area contributed by atoms with Gasteiger partial charge < -0.3 is 10.2 Å². The van der Waals surface area contributed by atoms with Crippen LogP contribution >= 0.6 is 0 Å². The highest BCUT2D eigenvalue weighted by atomic mass is 17.1. The van der Waals surface area contributed by atoms with Gasteiger partial charge in [-0.25, -0.2) is 9.68 Å². The molecule has 0 amide bonds. The first-order valence-corrected chi connectivity index (χ1v) is 9.43. The van der Waals surface area contributed by atoms with E-state index in [1.54, 1.807) is 0 Å². The van der Waals surface area contributed by atoms with Gasteiger partial charge in [-0.3, -0.25) is 5.26 Å². The molecule has 1 atom stereocenters. The van der Waals surface area contributed by atoms with Crippen molar-refractivity contribution in [2.75, 3.05) is 0 Å². The number of hydrogen-bond donors (Lipinski definition) is 3. The predicted molar refractivity (Wildman–Crippen MR) is 108 cm³/mol. The minimum absolute atomic E-state index is 0.257. The molecule has 0 bridgehead atoms. The van der Waals surface area contributed by atoms with E-state index >= 15 is 0 Å². The second kappa shape index (κ2) is 23.1. The standard InChI is InChI=1S/C20H34O2.CH2O3/c1-3-5-7-9-11-12-13-15-17-19-20(22-21)18-16-14-10-8-6-4-2;2-1(3)4/h9,11,13-17,19-21H,3-8,10,12,18H2,1-2H3;(H2,2,3,4). The lowest BCUT2D eigenvalue weighted by atomic mass is 10.1. The minimum atomic E-state index is -1.83. The monoisotopic (exact) mass is 368 g/mol. The first-order chi connectivity index (χ1) is 12.6. The Labute approximate surface area is 158 Å². The number of carboxylic acid groups (broad SMARTS) is 2. The molecule has 0 radical (unpaired) electrons. The Bertz CT molecular complexity index is 407. The van der Waals surface area contributed by atoms with E-state index in [4.69, 9.17) is 20.3 Å². The fraction of sp³-hybridized carbons (Fsp3) is 0.571. The summed E-state index contributed by atoms with van der Waals surface area (Å²) in [6.45, 7) is 4.41. The molecule has 0 aromatic carbocycles. The minimum Gasteiger partial charge on any atom is -0.450 e. The van der Waals surface area contributed by atoms with Gasteiger partial charge in [0, 0.05) is 0 Å². The fourth-order valence-electron chi connectivity index (χ4n) is 1.98. The van der Waals surface area contributed by atoms with Gasteiger partial charge in [0.1, 0.15) is 6.10 Å². The number of unbranched alkanes of at least 4 members (excludes halogenated alkanes) is 5. The zero-order chi connectivity index (χ0) is 19.9. The fourth-order valence-corrected chi connectivity index (χ4v) is 1.98. The molecule has 0 rings (SSSR count). The van der Waals surface area contributed by atoms with Crippen LogP contribution in [0.25, 0.3) is 0 Å². The highest BCUT2D eigenvalue weighted by molar-refractivity contribution is 5.53. The van der Waals surface area contributed by atoms with Crippen molar-refractivity contribution < 1.29 is 25.2 Å². The van der Waals surface area contributed by atoms with Gasteiger partial charge in [-0.15, -0.1) is 0 Å². The Morgan fingerprint density at radius 3 is 2.12 bits per heavy atom. The van der Waals surface area contributed by atoms with E-state index in [0.29, 0.717) is 6.42 Å². The molecule has 0 aromatic heterocycles. The van der Waals surface area contributed by atoms with E-state index in [1.807, 2.05) is 18.2 Å². The maximum absolute atomic E-state index is 8.87. The summed E-state index contributed by atoms with van der Waals surface area (Å²) in [5.74, 6) is 0. The molecule has 0 aliphatic rings. The lowest BCUT2D eigenvalue weighted by molar-refractivity contribution is -0.264. The molecule has 150 valence electrons. The molecule has 0 saturated heterocycles. The van der Waals surface area contributed by atoms with Crippen LogP contribution < -0.4 is 0 Å². The summed E-state index contributed by atoms with van der Waals surface area (Å²) in [4.78, 5) is 13.0. The quantitative estimate of drug-likeness (QED) is 0.103. The molecule has 0 saturated carbocycles. The third kappa shape index (κ3) is 27.0. The molecule has 3 N–H and O–H groups in total. The van der Waals surface area contributed by atoms with Crippen LogP contribution in [0.3, 0.4) is 0 Å². The molecule has 0 aliphatic heterocycles. The lowest BCUT2D eigenvalue weighted by Crippen LogP contribution is -2.04. The largest absolute Gasteiger partial charge is 0.503 e. The summed E-state index contributed by atoms with van der Waals surface area (Å²) in [7, 11) is 0. The van der Waals surface area contributed by atoms with Crippen LogP contribution in [0.2, 0.25) is 0 Å². The molecular formula is C21H36O5. The first kappa shape index (κ1) is 26.4. The lowest BCUT2D eigenvalue weighted by Gasteiger charge is -2.04. The van der Waals surface area contributed by atoms with Crippen molar-refractivity contribution in [2.24, 2.45) is 0 Å². The van der Waals surface area contributed by atoms with Crippen molar-refractivity contribution in [3.05, 3.63) is 48.6 Å². The van der Waals surface area contributed by atoms with E-state index in [1.165, 1.54) is 38.5 Å². The van der Waals surface area contributed by atoms with Crippen LogP contribution in [0, 0.1) is 0 Å². The third-order valence-corrected chi connectivity index (χ3v) is 3.38. The normalized spacial score (nSPS) is 12.9. The summed E-state index contributed by atoms with van der Waals surface area (Å²) >= 11 is 0. The van der Waals surface area contributed by atoms with E-state index in [-0.39, 0.29) is 6.10 Å². The first-order valence-electron chi connectivity index (χ1n) is 9.43. The molecule has 0 aromatic rings. The Balaban J connectivity index is 0. The summed E-state index contributed by atoms with van der Waals surface area (Å²) in [6, 6.07) is 0. The highest BCUT2D eigenvalue weighted by Crippen LogP contribution is 2.04. The summed E-state index contributed by atoms with van der Waals surface area (Å²) in [6.07, 6.45) is 24.8. The molecule has 0 fully saturated rings. The highest BCUT2D eigenvalue weighted by Gasteiger charge is 1.99. The molecule has 1 unspecified atom stereocenters. The zero-order valence-electron chi connectivity index (χ0n) is 16.2. The van der Waals surface area contributed by atoms with Crippen LogP contribution in [-0.2, 0) is 4.89 Å². The second-order valence-electron chi connectivity index (χ2n) is 5.79. The maximum atomic E-state index is 8.87. The summed E-state index contributed by atoms with van der Waals surface area (Å²) < 4.78 is 0. The van der Waals surface area contributed by atoms with Gasteiger partial charge >= 0.3 is 6.16 Å². The molecule has 5 heteroatoms. The number of hydrogen-bond acceptors (Lipinski definition) is 3. The van der Waals surface area contributed by atoms with E-state index < -0.39 is 6.16 Å². The van der Waals surface area contributed by atoms with Crippen molar-refractivity contribution in [1.82, 2.24) is 0 Å². The van der Waals surface area contributed by atoms with E-state index in [2.05, 4.69) is 49.1 Å². The summed E-state index contributed by atoms with van der Waals surface area (Å²) in [5, 5.41) is 22.8. The maximum Gasteiger partial charge on any atom is 0.503 e. The van der Waals surface area contributed by atoms with Crippen molar-refractivity contribution in [3.63, 3.8) is 0 Å². The average molecular weight is 369 g/mol. The van der Waals surface area contributed by atoms with Gasteiger partial charge in [0.05, 0.1) is 0 Å². The van der Waals surface area contributed by atoms with Crippen molar-refractivity contribution in [2.45, 2.75) is 77.7 Å². The van der Waals surface area contributed by atoms with Crippen LogP contribution in [0.5, 0.6) is 0 Å². The Morgan fingerprint density at radius 2 is 1.50 bits per heavy atom. The van der Waals surface area contributed by atoms with Gasteiger partial charge in [-0.2, -0.15) is 0 Å². The molecule has 26 heavy (non-hydrogen) atoms. The van der Waals surface area contributed by atoms with E-state index in [9.17, 15) is 0 Å². The molecule has 0 heterocycles. The van der Waals surface area contributed by atoms with Crippen molar-refractivity contribution in [1.29, 1.82) is 0 Å². The second-order valence-corrected chi connectivity index (χ2v) is 5.79. The smallest absolute Gasteiger partial charge is 0.450 e.